The van der Waals surface area contributed by atoms with Crippen molar-refractivity contribution in [2.24, 2.45) is 5.41 Å². The number of aryl methyl sites for hydroxylation is 1. The Balaban J connectivity index is 1.54. The van der Waals surface area contributed by atoms with E-state index in [2.05, 4.69) is 15.3 Å². The number of furan rings is 1. The molecule has 1 N–H and O–H groups in total. The number of aromatic nitrogens is 2. The Bertz CT molecular complexity index is 1130. The van der Waals surface area contributed by atoms with Gasteiger partial charge in [-0.05, 0) is 49.1 Å². The van der Waals surface area contributed by atoms with Crippen molar-refractivity contribution in [3.63, 3.8) is 0 Å². The van der Waals surface area contributed by atoms with E-state index in [1.54, 1.807) is 43.6 Å². The smallest absolute Gasteiger partial charge is 0.321 e. The predicted molar refractivity (Wildman–Crippen MR) is 111 cm³/mol. The van der Waals surface area contributed by atoms with Gasteiger partial charge in [-0.2, -0.15) is 0 Å². The Morgan fingerprint density at radius 3 is 2.60 bits per heavy atom. The molecule has 2 heterocycles. The second kappa shape index (κ2) is 7.40. The van der Waals surface area contributed by atoms with Gasteiger partial charge < -0.3 is 14.5 Å². The first-order valence-corrected chi connectivity index (χ1v) is 9.76. The van der Waals surface area contributed by atoms with Crippen LogP contribution in [0.5, 0.6) is 11.8 Å². The molecule has 0 saturated carbocycles. The fourth-order valence-corrected chi connectivity index (χ4v) is 3.76. The molecule has 7 nitrogen and oxygen atoms in total. The molecule has 2 aromatic heterocycles. The van der Waals surface area contributed by atoms with Crippen LogP contribution in [0.25, 0.3) is 0 Å². The molecule has 0 aliphatic heterocycles. The third kappa shape index (κ3) is 3.83. The highest BCUT2D eigenvalue weighted by molar-refractivity contribution is 6.08. The molecular weight excluding hydrogens is 382 g/mol. The van der Waals surface area contributed by atoms with Gasteiger partial charge in [0.25, 0.3) is 5.91 Å². The summed E-state index contributed by atoms with van der Waals surface area (Å²) in [7, 11) is 0. The minimum absolute atomic E-state index is 0.0300. The topological polar surface area (TPSA) is 94.3 Å². The van der Waals surface area contributed by atoms with Crippen molar-refractivity contribution in [1.29, 1.82) is 0 Å². The zero-order valence-electron chi connectivity index (χ0n) is 17.4. The van der Waals surface area contributed by atoms with E-state index in [9.17, 15) is 9.59 Å². The van der Waals surface area contributed by atoms with E-state index in [1.165, 1.54) is 0 Å². The Labute approximate surface area is 174 Å². The molecule has 154 valence electrons. The Hall–Kier alpha value is -3.48. The number of ether oxygens (including phenoxy) is 1. The second-order valence-electron chi connectivity index (χ2n) is 8.36. The molecule has 30 heavy (non-hydrogen) atoms. The number of rotatable bonds is 4. The molecule has 1 aromatic carbocycles. The Morgan fingerprint density at radius 1 is 1.17 bits per heavy atom. The van der Waals surface area contributed by atoms with E-state index >= 15 is 0 Å². The number of benzene rings is 1. The van der Waals surface area contributed by atoms with E-state index in [0.29, 0.717) is 41.2 Å². The largest absolute Gasteiger partial charge is 0.455 e. The number of hydrogen-bond donors (Lipinski definition) is 1. The summed E-state index contributed by atoms with van der Waals surface area (Å²) in [6.45, 7) is 7.68. The van der Waals surface area contributed by atoms with Crippen molar-refractivity contribution in [2.75, 3.05) is 5.32 Å². The van der Waals surface area contributed by atoms with Crippen molar-refractivity contribution in [3.05, 3.63) is 64.9 Å². The molecular formula is C23H23N3O4. The second-order valence-corrected chi connectivity index (χ2v) is 8.36. The number of nitrogens with zero attached hydrogens (tertiary/aromatic N) is 2. The first kappa shape index (κ1) is 19.8. The number of hydrogen-bond acceptors (Lipinski definition) is 6. The van der Waals surface area contributed by atoms with Crippen LogP contribution in [-0.2, 0) is 6.42 Å². The first-order valence-electron chi connectivity index (χ1n) is 9.76. The van der Waals surface area contributed by atoms with Gasteiger partial charge in [-0.15, -0.1) is 0 Å². The SMILES string of the molecule is Cc1cc(Oc2ncccn2)ccc1NC(=O)c1oc2c(c1C)C(=O)CC(C)(C)C2. The van der Waals surface area contributed by atoms with Crippen LogP contribution in [0.1, 0.15) is 58.1 Å². The molecule has 0 spiro atoms. The lowest BCUT2D eigenvalue weighted by Gasteiger charge is -2.27. The summed E-state index contributed by atoms with van der Waals surface area (Å²) in [6, 6.07) is 7.22. The van der Waals surface area contributed by atoms with E-state index < -0.39 is 0 Å². The summed E-state index contributed by atoms with van der Waals surface area (Å²) in [6.07, 6.45) is 4.28. The number of carbonyl (C=O) groups excluding carboxylic acids is 2. The van der Waals surface area contributed by atoms with Crippen LogP contribution in [-0.4, -0.2) is 21.7 Å². The van der Waals surface area contributed by atoms with Crippen molar-refractivity contribution >= 4 is 17.4 Å². The average molecular weight is 405 g/mol. The fraction of sp³-hybridized carbons (Fsp3) is 0.304. The molecule has 1 aliphatic rings. The molecule has 1 amide bonds. The van der Waals surface area contributed by atoms with Crippen LogP contribution in [0.3, 0.4) is 0 Å². The highest BCUT2D eigenvalue weighted by Gasteiger charge is 2.37. The average Bonchev–Trinajstić information content (AvgIpc) is 3.00. The fourth-order valence-electron chi connectivity index (χ4n) is 3.76. The summed E-state index contributed by atoms with van der Waals surface area (Å²) in [4.78, 5) is 33.5. The summed E-state index contributed by atoms with van der Waals surface area (Å²) >= 11 is 0. The molecule has 4 rings (SSSR count). The molecule has 7 heteroatoms. The van der Waals surface area contributed by atoms with Gasteiger partial charge in [0, 0.05) is 36.5 Å². The van der Waals surface area contributed by atoms with E-state index in [-0.39, 0.29) is 28.9 Å². The molecule has 3 aromatic rings. The number of amides is 1. The van der Waals surface area contributed by atoms with Gasteiger partial charge in [0.15, 0.2) is 11.5 Å². The minimum atomic E-state index is -0.379. The standard InChI is InChI=1S/C23H23N3O4/c1-13-10-15(29-22-24-8-5-9-25-22)6-7-16(13)26-21(28)20-14(2)19-17(27)11-23(3,4)12-18(19)30-20/h5-10H,11-12H2,1-4H3,(H,26,28). The van der Waals surface area contributed by atoms with Gasteiger partial charge in [-0.25, -0.2) is 9.97 Å². The number of Topliss-reactive ketones (excluding diaryl/α,β-unsaturated/α-hetero) is 1. The van der Waals surface area contributed by atoms with Crippen LogP contribution in [0.15, 0.2) is 41.1 Å². The maximum Gasteiger partial charge on any atom is 0.321 e. The monoisotopic (exact) mass is 405 g/mol. The predicted octanol–water partition coefficient (Wildman–Crippen LogP) is 4.89. The maximum absolute atomic E-state index is 12.9. The molecule has 0 atom stereocenters. The van der Waals surface area contributed by atoms with Crippen molar-refractivity contribution in [1.82, 2.24) is 9.97 Å². The minimum Gasteiger partial charge on any atom is -0.455 e. The molecule has 0 radical (unpaired) electrons. The van der Waals surface area contributed by atoms with Crippen LogP contribution in [0, 0.1) is 19.3 Å². The van der Waals surface area contributed by atoms with Crippen LogP contribution < -0.4 is 10.1 Å². The highest BCUT2D eigenvalue weighted by atomic mass is 16.5. The molecule has 0 fully saturated rings. The lowest BCUT2D eigenvalue weighted by molar-refractivity contribution is 0.0898. The third-order valence-electron chi connectivity index (χ3n) is 5.18. The van der Waals surface area contributed by atoms with E-state index in [1.807, 2.05) is 20.8 Å². The zero-order chi connectivity index (χ0) is 21.5. The van der Waals surface area contributed by atoms with Gasteiger partial charge in [0.1, 0.15) is 11.5 Å². The molecule has 0 bridgehead atoms. The van der Waals surface area contributed by atoms with Crippen LogP contribution in [0.2, 0.25) is 0 Å². The number of nitrogens with one attached hydrogen (secondary N) is 1. The Morgan fingerprint density at radius 2 is 1.90 bits per heavy atom. The van der Waals surface area contributed by atoms with Gasteiger partial charge >= 0.3 is 6.01 Å². The normalized spacial score (nSPS) is 14.9. The number of ketones is 1. The number of fused-ring (bicyclic) bond motifs is 1. The highest BCUT2D eigenvalue weighted by Crippen LogP contribution is 2.38. The van der Waals surface area contributed by atoms with E-state index in [0.717, 1.165) is 5.56 Å². The first-order chi connectivity index (χ1) is 14.2. The van der Waals surface area contributed by atoms with Crippen molar-refractivity contribution in [3.8, 4) is 11.8 Å². The van der Waals surface area contributed by atoms with Gasteiger partial charge in [0.2, 0.25) is 0 Å². The van der Waals surface area contributed by atoms with Crippen molar-refractivity contribution in [2.45, 2.75) is 40.5 Å². The summed E-state index contributed by atoms with van der Waals surface area (Å²) in [5.41, 5.74) is 2.42. The van der Waals surface area contributed by atoms with Gasteiger partial charge in [0.05, 0.1) is 5.56 Å². The third-order valence-corrected chi connectivity index (χ3v) is 5.18. The molecule has 0 unspecified atom stereocenters. The van der Waals surface area contributed by atoms with E-state index in [4.69, 9.17) is 9.15 Å². The summed E-state index contributed by atoms with van der Waals surface area (Å²) < 4.78 is 11.5. The van der Waals surface area contributed by atoms with Gasteiger partial charge in [-0.1, -0.05) is 13.8 Å². The zero-order valence-corrected chi connectivity index (χ0v) is 17.4. The number of carbonyl (C=O) groups is 2. The molecule has 0 saturated heterocycles. The molecule has 1 aliphatic carbocycles. The Kier molecular flexibility index (Phi) is 4.89. The summed E-state index contributed by atoms with van der Waals surface area (Å²) in [5, 5.41) is 2.87. The van der Waals surface area contributed by atoms with Crippen LogP contribution in [0.4, 0.5) is 5.69 Å². The number of anilines is 1. The van der Waals surface area contributed by atoms with Gasteiger partial charge in [-0.3, -0.25) is 9.59 Å². The lowest BCUT2D eigenvalue weighted by Crippen LogP contribution is -2.26. The lowest BCUT2D eigenvalue weighted by atomic mass is 9.76. The van der Waals surface area contributed by atoms with Crippen molar-refractivity contribution < 1.29 is 18.7 Å². The quantitative estimate of drug-likeness (QED) is 0.664. The summed E-state index contributed by atoms with van der Waals surface area (Å²) in [5.74, 6) is 0.998. The van der Waals surface area contributed by atoms with Crippen LogP contribution >= 0.6 is 0 Å². The maximum atomic E-state index is 12.9.